The number of nitrogens with zero attached hydrogens (tertiary/aromatic N) is 2. The van der Waals surface area contributed by atoms with Crippen LogP contribution in [0.4, 0.5) is 0 Å². The van der Waals surface area contributed by atoms with Crippen LogP contribution in [0.15, 0.2) is 64.5 Å². The summed E-state index contributed by atoms with van der Waals surface area (Å²) in [4.78, 5) is 20.8. The molecular formula is C25H24N2O2S2. The summed E-state index contributed by atoms with van der Waals surface area (Å²) in [6.07, 6.45) is 0.726. The normalized spacial score (nSPS) is 15.2. The number of rotatable bonds is 4. The van der Waals surface area contributed by atoms with Crippen LogP contribution in [0.3, 0.4) is 0 Å². The molecule has 6 heteroatoms. The van der Waals surface area contributed by atoms with Crippen molar-refractivity contribution in [3.8, 4) is 5.69 Å². The van der Waals surface area contributed by atoms with Crippen LogP contribution in [0.1, 0.15) is 35.4 Å². The quantitative estimate of drug-likeness (QED) is 0.288. The lowest BCUT2D eigenvalue weighted by Crippen LogP contribution is -2.32. The summed E-state index contributed by atoms with van der Waals surface area (Å²) in [6.45, 7) is 6.75. The van der Waals surface area contributed by atoms with Gasteiger partial charge in [-0.15, -0.1) is 11.3 Å². The van der Waals surface area contributed by atoms with Gasteiger partial charge in [0.05, 0.1) is 23.3 Å². The number of thiophene rings is 1. The van der Waals surface area contributed by atoms with E-state index < -0.39 is 0 Å². The van der Waals surface area contributed by atoms with Crippen LogP contribution in [0.5, 0.6) is 0 Å². The topological polar surface area (TPSA) is 44.1 Å². The number of ether oxygens (including phenoxy) is 1. The number of thioether (sulfide) groups is 1. The summed E-state index contributed by atoms with van der Waals surface area (Å²) in [5, 5.41) is 1.48. The van der Waals surface area contributed by atoms with Crippen LogP contribution < -0.4 is 5.56 Å². The highest BCUT2D eigenvalue weighted by Crippen LogP contribution is 2.38. The minimum atomic E-state index is -0.275. The summed E-state index contributed by atoms with van der Waals surface area (Å²) >= 11 is 3.20. The van der Waals surface area contributed by atoms with E-state index in [1.165, 1.54) is 5.56 Å². The average Bonchev–Trinajstić information content (AvgIpc) is 3.10. The second-order valence-corrected chi connectivity index (χ2v) is 10.6. The Balaban J connectivity index is 1.68. The van der Waals surface area contributed by atoms with Gasteiger partial charge in [-0.25, -0.2) is 4.98 Å². The molecule has 5 rings (SSSR count). The molecule has 4 nitrogen and oxygen atoms in total. The fraction of sp³-hybridized carbons (Fsp3) is 0.280. The monoisotopic (exact) mass is 448 g/mol. The second kappa shape index (κ2) is 7.93. The molecule has 158 valence electrons. The van der Waals surface area contributed by atoms with Crippen molar-refractivity contribution in [3.63, 3.8) is 0 Å². The summed E-state index contributed by atoms with van der Waals surface area (Å²) in [6, 6.07) is 18.4. The molecule has 1 aliphatic rings. The Morgan fingerprint density at radius 2 is 1.87 bits per heavy atom. The standard InChI is InChI=1S/C25H24N2O2S2/c1-16-9-11-18(12-10-16)27-23(28)21-19-13-25(2,3)29-14-20(19)31-22(21)26-24(27)30-15-17-7-5-4-6-8-17/h4-12H,13-15H2,1-3H3. The van der Waals surface area contributed by atoms with Crippen LogP contribution in [-0.4, -0.2) is 15.2 Å². The molecule has 0 saturated carbocycles. The Bertz CT molecular complexity index is 1310. The molecule has 2 aromatic carbocycles. The molecule has 1 aliphatic heterocycles. The predicted octanol–water partition coefficient (Wildman–Crippen LogP) is 5.90. The van der Waals surface area contributed by atoms with Gasteiger partial charge in [0, 0.05) is 17.1 Å². The maximum Gasteiger partial charge on any atom is 0.267 e. The third-order valence-electron chi connectivity index (χ3n) is 5.58. The molecule has 0 atom stereocenters. The van der Waals surface area contributed by atoms with Gasteiger partial charge in [-0.1, -0.05) is 59.8 Å². The first-order valence-corrected chi connectivity index (χ1v) is 12.2. The fourth-order valence-electron chi connectivity index (χ4n) is 3.91. The Labute approximate surface area is 189 Å². The van der Waals surface area contributed by atoms with Crippen molar-refractivity contribution >= 4 is 33.3 Å². The molecule has 4 aromatic rings. The molecule has 0 amide bonds. The molecule has 3 heterocycles. The van der Waals surface area contributed by atoms with E-state index in [1.807, 2.05) is 42.5 Å². The van der Waals surface area contributed by atoms with E-state index in [1.54, 1.807) is 27.7 Å². The van der Waals surface area contributed by atoms with E-state index in [2.05, 4.69) is 32.9 Å². The van der Waals surface area contributed by atoms with Crippen LogP contribution in [-0.2, 0) is 23.5 Å². The number of fused-ring (bicyclic) bond motifs is 3. The van der Waals surface area contributed by atoms with E-state index in [0.29, 0.717) is 6.61 Å². The maximum absolute atomic E-state index is 13.9. The van der Waals surface area contributed by atoms with Crippen molar-refractivity contribution in [2.24, 2.45) is 0 Å². The lowest BCUT2D eigenvalue weighted by molar-refractivity contribution is -0.0379. The molecule has 2 aromatic heterocycles. The Morgan fingerprint density at radius 1 is 1.13 bits per heavy atom. The van der Waals surface area contributed by atoms with Gasteiger partial charge in [-0.05, 0) is 44.0 Å². The van der Waals surface area contributed by atoms with Crippen molar-refractivity contribution in [1.82, 2.24) is 9.55 Å². The van der Waals surface area contributed by atoms with E-state index >= 15 is 0 Å². The summed E-state index contributed by atoms with van der Waals surface area (Å²) < 4.78 is 7.78. The second-order valence-electron chi connectivity index (χ2n) is 8.55. The van der Waals surface area contributed by atoms with Crippen LogP contribution in [0.2, 0.25) is 0 Å². The molecule has 31 heavy (non-hydrogen) atoms. The molecular weight excluding hydrogens is 424 g/mol. The van der Waals surface area contributed by atoms with Crippen LogP contribution in [0, 0.1) is 6.92 Å². The van der Waals surface area contributed by atoms with Gasteiger partial charge in [0.15, 0.2) is 5.16 Å². The number of aromatic nitrogens is 2. The zero-order chi connectivity index (χ0) is 21.6. The SMILES string of the molecule is Cc1ccc(-n2c(SCc3ccccc3)nc3sc4c(c3c2=O)CC(C)(C)OC4)cc1. The van der Waals surface area contributed by atoms with Gasteiger partial charge in [0.2, 0.25) is 0 Å². The molecule has 0 fully saturated rings. The highest BCUT2D eigenvalue weighted by Gasteiger charge is 2.31. The lowest BCUT2D eigenvalue weighted by Gasteiger charge is -2.29. The van der Waals surface area contributed by atoms with E-state index in [-0.39, 0.29) is 11.2 Å². The van der Waals surface area contributed by atoms with Gasteiger partial charge < -0.3 is 4.74 Å². The molecule has 0 bridgehead atoms. The Morgan fingerprint density at radius 3 is 2.61 bits per heavy atom. The van der Waals surface area contributed by atoms with Crippen molar-refractivity contribution in [2.45, 2.75) is 50.3 Å². The first kappa shape index (κ1) is 20.5. The molecule has 0 unspecified atom stereocenters. The number of aryl methyl sites for hydroxylation is 1. The van der Waals surface area contributed by atoms with Gasteiger partial charge in [0.1, 0.15) is 4.83 Å². The minimum absolute atomic E-state index is 0.0135. The molecule has 0 N–H and O–H groups in total. The smallest absolute Gasteiger partial charge is 0.267 e. The first-order valence-electron chi connectivity index (χ1n) is 10.4. The predicted molar refractivity (Wildman–Crippen MR) is 129 cm³/mol. The van der Waals surface area contributed by atoms with Gasteiger partial charge >= 0.3 is 0 Å². The highest BCUT2D eigenvalue weighted by molar-refractivity contribution is 7.98. The maximum atomic E-state index is 13.9. The zero-order valence-electron chi connectivity index (χ0n) is 17.8. The highest BCUT2D eigenvalue weighted by atomic mass is 32.2. The van der Waals surface area contributed by atoms with Gasteiger partial charge in [-0.2, -0.15) is 0 Å². The van der Waals surface area contributed by atoms with Crippen molar-refractivity contribution < 1.29 is 4.74 Å². The Kier molecular flexibility index (Phi) is 5.24. The fourth-order valence-corrected chi connectivity index (χ4v) is 6.03. The molecule has 0 saturated heterocycles. The summed E-state index contributed by atoms with van der Waals surface area (Å²) in [5.74, 6) is 0.756. The number of hydrogen-bond donors (Lipinski definition) is 0. The minimum Gasteiger partial charge on any atom is -0.370 e. The Hall–Kier alpha value is -2.41. The summed E-state index contributed by atoms with van der Waals surface area (Å²) in [5.41, 5.74) is 4.07. The third kappa shape index (κ3) is 3.95. The van der Waals surface area contributed by atoms with Crippen molar-refractivity contribution in [1.29, 1.82) is 0 Å². The molecule has 0 spiro atoms. The lowest BCUT2D eigenvalue weighted by atomic mass is 9.94. The van der Waals surface area contributed by atoms with Crippen LogP contribution >= 0.6 is 23.1 Å². The van der Waals surface area contributed by atoms with Crippen molar-refractivity contribution in [2.75, 3.05) is 0 Å². The average molecular weight is 449 g/mol. The van der Waals surface area contributed by atoms with Gasteiger partial charge in [0.25, 0.3) is 5.56 Å². The molecule has 0 radical (unpaired) electrons. The zero-order valence-corrected chi connectivity index (χ0v) is 19.5. The molecule has 0 aliphatic carbocycles. The third-order valence-corrected chi connectivity index (χ3v) is 7.69. The van der Waals surface area contributed by atoms with Crippen LogP contribution in [0.25, 0.3) is 15.9 Å². The largest absolute Gasteiger partial charge is 0.370 e. The first-order chi connectivity index (χ1) is 14.9. The van der Waals surface area contributed by atoms with Gasteiger partial charge in [-0.3, -0.25) is 9.36 Å². The van der Waals surface area contributed by atoms with E-state index in [4.69, 9.17) is 9.72 Å². The van der Waals surface area contributed by atoms with E-state index in [9.17, 15) is 4.79 Å². The number of benzene rings is 2. The van der Waals surface area contributed by atoms with E-state index in [0.717, 1.165) is 49.2 Å². The van der Waals surface area contributed by atoms with Crippen molar-refractivity contribution in [3.05, 3.63) is 86.5 Å². The number of hydrogen-bond acceptors (Lipinski definition) is 5. The summed E-state index contributed by atoms with van der Waals surface area (Å²) in [7, 11) is 0.